The van der Waals surface area contributed by atoms with Crippen molar-refractivity contribution < 1.29 is 13.6 Å². The standard InChI is InChI=1S/C14H14FNO2S/c15-12-5-2-1-4-11(12)10-19-9-7-16-14(17)13-6-3-8-18-13/h1-6,8H,7,9-10H2,(H,16,17). The molecule has 1 N–H and O–H groups in total. The highest BCUT2D eigenvalue weighted by Crippen LogP contribution is 2.14. The van der Waals surface area contributed by atoms with Crippen molar-refractivity contribution in [2.75, 3.05) is 12.3 Å². The number of hydrogen-bond acceptors (Lipinski definition) is 3. The summed E-state index contributed by atoms with van der Waals surface area (Å²) < 4.78 is 18.3. The first kappa shape index (κ1) is 13.7. The third-order valence-electron chi connectivity index (χ3n) is 2.49. The Labute approximate surface area is 115 Å². The maximum Gasteiger partial charge on any atom is 0.287 e. The summed E-state index contributed by atoms with van der Waals surface area (Å²) in [4.78, 5) is 11.5. The summed E-state index contributed by atoms with van der Waals surface area (Å²) >= 11 is 1.57. The van der Waals surface area contributed by atoms with Crippen LogP contribution < -0.4 is 5.32 Å². The first-order chi connectivity index (χ1) is 9.27. The van der Waals surface area contributed by atoms with Crippen LogP contribution in [0.1, 0.15) is 16.1 Å². The van der Waals surface area contributed by atoms with E-state index in [1.54, 1.807) is 36.0 Å². The topological polar surface area (TPSA) is 42.2 Å². The summed E-state index contributed by atoms with van der Waals surface area (Å²) in [5.41, 5.74) is 0.685. The molecule has 2 aromatic rings. The lowest BCUT2D eigenvalue weighted by molar-refractivity contribution is 0.0928. The van der Waals surface area contributed by atoms with Crippen molar-refractivity contribution in [3.63, 3.8) is 0 Å². The average molecular weight is 279 g/mol. The normalized spacial score (nSPS) is 10.4. The Morgan fingerprint density at radius 1 is 1.26 bits per heavy atom. The highest BCUT2D eigenvalue weighted by molar-refractivity contribution is 7.98. The zero-order valence-corrected chi connectivity index (χ0v) is 11.1. The quantitative estimate of drug-likeness (QED) is 0.826. The first-order valence-corrected chi connectivity index (χ1v) is 7.05. The number of furan rings is 1. The molecule has 1 heterocycles. The van der Waals surface area contributed by atoms with E-state index in [2.05, 4.69) is 5.32 Å². The van der Waals surface area contributed by atoms with E-state index < -0.39 is 0 Å². The van der Waals surface area contributed by atoms with E-state index in [0.29, 0.717) is 23.6 Å². The highest BCUT2D eigenvalue weighted by atomic mass is 32.2. The van der Waals surface area contributed by atoms with Crippen LogP contribution in [0.5, 0.6) is 0 Å². The summed E-state index contributed by atoms with van der Waals surface area (Å²) in [6.07, 6.45) is 1.46. The SMILES string of the molecule is O=C(NCCSCc1ccccc1F)c1ccco1. The van der Waals surface area contributed by atoms with Gasteiger partial charge in [0.2, 0.25) is 0 Å². The number of thioether (sulfide) groups is 1. The molecule has 1 aromatic carbocycles. The van der Waals surface area contributed by atoms with Crippen LogP contribution >= 0.6 is 11.8 Å². The molecule has 3 nitrogen and oxygen atoms in total. The van der Waals surface area contributed by atoms with Gasteiger partial charge in [-0.15, -0.1) is 0 Å². The predicted octanol–water partition coefficient (Wildman–Crippen LogP) is 3.08. The molecule has 0 fully saturated rings. The number of rotatable bonds is 6. The molecular formula is C14H14FNO2S. The van der Waals surface area contributed by atoms with Crippen molar-refractivity contribution in [3.8, 4) is 0 Å². The number of benzene rings is 1. The molecule has 0 atom stereocenters. The molecule has 0 aliphatic carbocycles. The minimum absolute atomic E-state index is 0.186. The summed E-state index contributed by atoms with van der Waals surface area (Å²) in [7, 11) is 0. The van der Waals surface area contributed by atoms with Crippen LogP contribution in [0.4, 0.5) is 4.39 Å². The summed E-state index contributed by atoms with van der Waals surface area (Å²) in [6, 6.07) is 9.99. The lowest BCUT2D eigenvalue weighted by atomic mass is 10.2. The smallest absolute Gasteiger partial charge is 0.287 e. The van der Waals surface area contributed by atoms with Gasteiger partial charge in [0.05, 0.1) is 6.26 Å². The fraction of sp³-hybridized carbons (Fsp3) is 0.214. The Bertz CT molecular complexity index is 528. The van der Waals surface area contributed by atoms with Gasteiger partial charge in [0.15, 0.2) is 5.76 Å². The third-order valence-corrected chi connectivity index (χ3v) is 3.50. The maximum atomic E-state index is 13.3. The molecule has 2 rings (SSSR count). The van der Waals surface area contributed by atoms with E-state index in [1.807, 2.05) is 6.07 Å². The highest BCUT2D eigenvalue weighted by Gasteiger charge is 2.06. The summed E-state index contributed by atoms with van der Waals surface area (Å²) in [5.74, 6) is 1.22. The van der Waals surface area contributed by atoms with E-state index in [4.69, 9.17) is 4.42 Å². The lowest BCUT2D eigenvalue weighted by Crippen LogP contribution is -2.25. The molecule has 1 aromatic heterocycles. The molecule has 0 saturated heterocycles. The third kappa shape index (κ3) is 4.13. The summed E-state index contributed by atoms with van der Waals surface area (Å²) in [5, 5.41) is 2.74. The first-order valence-electron chi connectivity index (χ1n) is 5.90. The summed E-state index contributed by atoms with van der Waals surface area (Å²) in [6.45, 7) is 0.526. The van der Waals surface area contributed by atoms with Crippen molar-refractivity contribution >= 4 is 17.7 Å². The van der Waals surface area contributed by atoms with Gasteiger partial charge in [-0.1, -0.05) is 18.2 Å². The predicted molar refractivity (Wildman–Crippen MR) is 73.6 cm³/mol. The van der Waals surface area contributed by atoms with Gasteiger partial charge in [-0.3, -0.25) is 4.79 Å². The Morgan fingerprint density at radius 2 is 2.11 bits per heavy atom. The van der Waals surface area contributed by atoms with E-state index in [9.17, 15) is 9.18 Å². The van der Waals surface area contributed by atoms with Gasteiger partial charge in [0.25, 0.3) is 5.91 Å². The van der Waals surface area contributed by atoms with Gasteiger partial charge in [-0.25, -0.2) is 4.39 Å². The maximum absolute atomic E-state index is 13.3. The second-order valence-corrected chi connectivity index (χ2v) is 4.98. The average Bonchev–Trinajstić information content (AvgIpc) is 2.94. The Balaban J connectivity index is 1.65. The molecule has 0 bridgehead atoms. The van der Waals surface area contributed by atoms with Crippen LogP contribution in [-0.4, -0.2) is 18.2 Å². The van der Waals surface area contributed by atoms with Crippen LogP contribution in [0.2, 0.25) is 0 Å². The van der Waals surface area contributed by atoms with Gasteiger partial charge in [0.1, 0.15) is 5.82 Å². The van der Waals surface area contributed by atoms with Gasteiger partial charge in [-0.2, -0.15) is 11.8 Å². The van der Waals surface area contributed by atoms with Crippen LogP contribution in [0.15, 0.2) is 47.1 Å². The number of nitrogens with one attached hydrogen (secondary N) is 1. The number of amides is 1. The zero-order valence-electron chi connectivity index (χ0n) is 10.3. The van der Waals surface area contributed by atoms with Crippen molar-refractivity contribution in [3.05, 3.63) is 59.8 Å². The van der Waals surface area contributed by atoms with E-state index in [-0.39, 0.29) is 11.7 Å². The zero-order chi connectivity index (χ0) is 13.5. The van der Waals surface area contributed by atoms with Crippen LogP contribution in [0, 0.1) is 5.82 Å². The van der Waals surface area contributed by atoms with Crippen molar-refractivity contribution in [1.82, 2.24) is 5.32 Å². The van der Waals surface area contributed by atoms with Crippen LogP contribution in [-0.2, 0) is 5.75 Å². The molecule has 0 spiro atoms. The Hall–Kier alpha value is -1.75. The van der Waals surface area contributed by atoms with Crippen molar-refractivity contribution in [2.45, 2.75) is 5.75 Å². The minimum atomic E-state index is -0.225. The van der Waals surface area contributed by atoms with E-state index >= 15 is 0 Å². The Morgan fingerprint density at radius 3 is 2.84 bits per heavy atom. The van der Waals surface area contributed by atoms with Gasteiger partial charge in [0, 0.05) is 18.1 Å². The molecule has 1 amide bonds. The lowest BCUT2D eigenvalue weighted by Gasteiger charge is -2.04. The molecule has 0 radical (unpaired) electrons. The molecular weight excluding hydrogens is 265 g/mol. The number of hydrogen-bond donors (Lipinski definition) is 1. The number of carbonyl (C=O) groups is 1. The molecule has 0 saturated carbocycles. The van der Waals surface area contributed by atoms with E-state index in [1.165, 1.54) is 12.3 Å². The fourth-order valence-corrected chi connectivity index (χ4v) is 2.37. The molecule has 100 valence electrons. The van der Waals surface area contributed by atoms with Crippen molar-refractivity contribution in [1.29, 1.82) is 0 Å². The van der Waals surface area contributed by atoms with Crippen LogP contribution in [0.3, 0.4) is 0 Å². The van der Waals surface area contributed by atoms with Crippen molar-refractivity contribution in [2.24, 2.45) is 0 Å². The molecule has 5 heteroatoms. The van der Waals surface area contributed by atoms with Gasteiger partial charge >= 0.3 is 0 Å². The second kappa shape index (κ2) is 6.99. The molecule has 0 aliphatic rings. The van der Waals surface area contributed by atoms with Gasteiger partial charge < -0.3 is 9.73 Å². The molecule has 0 unspecified atom stereocenters. The molecule has 19 heavy (non-hydrogen) atoms. The number of halogens is 1. The monoisotopic (exact) mass is 279 g/mol. The largest absolute Gasteiger partial charge is 0.459 e. The van der Waals surface area contributed by atoms with E-state index in [0.717, 1.165) is 5.75 Å². The Kier molecular flexibility index (Phi) is 5.03. The van der Waals surface area contributed by atoms with Crippen LogP contribution in [0.25, 0.3) is 0 Å². The molecule has 0 aliphatic heterocycles. The number of carbonyl (C=O) groups excluding carboxylic acids is 1. The minimum Gasteiger partial charge on any atom is -0.459 e. The fourth-order valence-electron chi connectivity index (χ4n) is 1.53. The second-order valence-electron chi connectivity index (χ2n) is 3.88. The van der Waals surface area contributed by atoms with Gasteiger partial charge in [-0.05, 0) is 23.8 Å².